The zero-order chi connectivity index (χ0) is 8.27. The molecular formula is C7H9FN2O. The summed E-state index contributed by atoms with van der Waals surface area (Å²) in [5.74, 6) is 4.43. The highest BCUT2D eigenvalue weighted by Crippen LogP contribution is 2.18. The van der Waals surface area contributed by atoms with Crippen LogP contribution in [0.25, 0.3) is 0 Å². The minimum atomic E-state index is -0.456. The van der Waals surface area contributed by atoms with Crippen LogP contribution in [-0.2, 0) is 6.54 Å². The lowest BCUT2D eigenvalue weighted by Crippen LogP contribution is -2.21. The molecule has 11 heavy (non-hydrogen) atoms. The van der Waals surface area contributed by atoms with E-state index in [-0.39, 0.29) is 17.9 Å². The molecule has 0 aliphatic heterocycles. The maximum absolute atomic E-state index is 12.8. The first-order chi connectivity index (χ1) is 5.25. The van der Waals surface area contributed by atoms with Gasteiger partial charge in [-0.1, -0.05) is 6.07 Å². The van der Waals surface area contributed by atoms with Gasteiger partial charge in [0.05, 0.1) is 0 Å². The number of hydrazine groups is 1. The van der Waals surface area contributed by atoms with Crippen molar-refractivity contribution in [3.8, 4) is 5.75 Å². The van der Waals surface area contributed by atoms with Crippen LogP contribution in [0.5, 0.6) is 5.75 Å². The van der Waals surface area contributed by atoms with Crippen LogP contribution in [0.4, 0.5) is 4.39 Å². The van der Waals surface area contributed by atoms with Crippen LogP contribution in [0.15, 0.2) is 18.2 Å². The summed E-state index contributed by atoms with van der Waals surface area (Å²) in [6.45, 7) is 0.124. The lowest BCUT2D eigenvalue weighted by molar-refractivity contribution is 0.454. The zero-order valence-electron chi connectivity index (χ0n) is 5.84. The molecule has 0 aliphatic rings. The van der Waals surface area contributed by atoms with Gasteiger partial charge >= 0.3 is 0 Å². The molecular weight excluding hydrogens is 147 g/mol. The summed E-state index contributed by atoms with van der Waals surface area (Å²) < 4.78 is 12.8. The van der Waals surface area contributed by atoms with Gasteiger partial charge in [0.25, 0.3) is 0 Å². The Morgan fingerprint density at radius 1 is 1.55 bits per heavy atom. The van der Waals surface area contributed by atoms with Crippen molar-refractivity contribution in [1.29, 1.82) is 0 Å². The normalized spacial score (nSPS) is 10.0. The largest absolute Gasteiger partial charge is 0.508 e. The van der Waals surface area contributed by atoms with Gasteiger partial charge in [-0.05, 0) is 12.1 Å². The minimum Gasteiger partial charge on any atom is -0.508 e. The lowest BCUT2D eigenvalue weighted by Gasteiger charge is -2.03. The average molecular weight is 156 g/mol. The third kappa shape index (κ3) is 1.66. The van der Waals surface area contributed by atoms with Crippen molar-refractivity contribution < 1.29 is 9.50 Å². The van der Waals surface area contributed by atoms with E-state index in [2.05, 4.69) is 5.43 Å². The summed E-state index contributed by atoms with van der Waals surface area (Å²) in [4.78, 5) is 0. The first kappa shape index (κ1) is 7.97. The van der Waals surface area contributed by atoms with E-state index in [4.69, 9.17) is 10.9 Å². The van der Waals surface area contributed by atoms with Gasteiger partial charge < -0.3 is 5.11 Å². The van der Waals surface area contributed by atoms with E-state index in [1.165, 1.54) is 18.2 Å². The molecule has 4 heteroatoms. The van der Waals surface area contributed by atoms with Crippen LogP contribution in [0, 0.1) is 5.82 Å². The number of nitrogens with one attached hydrogen (secondary N) is 1. The predicted octanol–water partition coefficient (Wildman–Crippen LogP) is 0.495. The molecule has 3 nitrogen and oxygen atoms in total. The third-order valence-electron chi connectivity index (χ3n) is 1.37. The predicted molar refractivity (Wildman–Crippen MR) is 39.1 cm³/mol. The number of rotatable bonds is 2. The second-order valence-electron chi connectivity index (χ2n) is 2.12. The number of halogens is 1. The van der Waals surface area contributed by atoms with E-state index in [0.717, 1.165) is 0 Å². The smallest absolute Gasteiger partial charge is 0.131 e. The summed E-state index contributed by atoms with van der Waals surface area (Å²) >= 11 is 0. The Bertz CT molecular complexity index is 232. The molecule has 0 saturated heterocycles. The van der Waals surface area contributed by atoms with Gasteiger partial charge in [0.1, 0.15) is 11.6 Å². The number of benzene rings is 1. The number of phenols is 1. The van der Waals surface area contributed by atoms with Crippen molar-refractivity contribution in [2.45, 2.75) is 6.54 Å². The first-order valence-corrected chi connectivity index (χ1v) is 3.15. The fraction of sp³-hybridized carbons (Fsp3) is 0.143. The van der Waals surface area contributed by atoms with Crippen LogP contribution < -0.4 is 11.3 Å². The molecule has 0 unspecified atom stereocenters. The summed E-state index contributed by atoms with van der Waals surface area (Å²) in [5, 5.41) is 9.09. The molecule has 1 aromatic rings. The van der Waals surface area contributed by atoms with Crippen molar-refractivity contribution in [2.75, 3.05) is 0 Å². The van der Waals surface area contributed by atoms with Crippen molar-refractivity contribution in [2.24, 2.45) is 5.84 Å². The minimum absolute atomic E-state index is 0.0806. The highest BCUT2D eigenvalue weighted by atomic mass is 19.1. The molecule has 0 bridgehead atoms. The van der Waals surface area contributed by atoms with Gasteiger partial charge in [-0.3, -0.25) is 11.3 Å². The van der Waals surface area contributed by atoms with Crippen molar-refractivity contribution >= 4 is 0 Å². The molecule has 0 atom stereocenters. The third-order valence-corrected chi connectivity index (χ3v) is 1.37. The SMILES string of the molecule is NNCc1c(O)cccc1F. The van der Waals surface area contributed by atoms with E-state index in [1.54, 1.807) is 0 Å². The summed E-state index contributed by atoms with van der Waals surface area (Å²) in [6, 6.07) is 4.12. The Hall–Kier alpha value is -1.13. The molecule has 4 N–H and O–H groups in total. The maximum Gasteiger partial charge on any atom is 0.131 e. The molecule has 0 amide bonds. The van der Waals surface area contributed by atoms with Gasteiger partial charge in [0, 0.05) is 12.1 Å². The molecule has 1 rings (SSSR count). The number of aromatic hydroxyl groups is 1. The van der Waals surface area contributed by atoms with Crippen LogP contribution in [0.2, 0.25) is 0 Å². The highest BCUT2D eigenvalue weighted by Gasteiger charge is 2.04. The summed E-state index contributed by atoms with van der Waals surface area (Å²) in [7, 11) is 0. The zero-order valence-corrected chi connectivity index (χ0v) is 5.84. The quantitative estimate of drug-likeness (QED) is 0.431. The number of hydrogen-bond acceptors (Lipinski definition) is 3. The first-order valence-electron chi connectivity index (χ1n) is 3.15. The van der Waals surface area contributed by atoms with E-state index in [1.807, 2.05) is 0 Å². The summed E-state index contributed by atoms with van der Waals surface area (Å²) in [5.41, 5.74) is 2.46. The maximum atomic E-state index is 12.8. The molecule has 0 radical (unpaired) electrons. The number of hydrogen-bond donors (Lipinski definition) is 3. The van der Waals surface area contributed by atoms with Crippen molar-refractivity contribution in [3.05, 3.63) is 29.6 Å². The Labute approximate surface area is 63.6 Å². The average Bonchev–Trinajstić information content (AvgIpc) is 1.97. The van der Waals surface area contributed by atoms with Gasteiger partial charge in [-0.25, -0.2) is 4.39 Å². The Morgan fingerprint density at radius 2 is 2.27 bits per heavy atom. The Kier molecular flexibility index (Phi) is 2.40. The fourth-order valence-corrected chi connectivity index (χ4v) is 0.824. The Morgan fingerprint density at radius 3 is 2.82 bits per heavy atom. The van der Waals surface area contributed by atoms with Gasteiger partial charge in [0.2, 0.25) is 0 Å². The second-order valence-corrected chi connectivity index (χ2v) is 2.12. The topological polar surface area (TPSA) is 58.3 Å². The highest BCUT2D eigenvalue weighted by molar-refractivity contribution is 5.32. The fourth-order valence-electron chi connectivity index (χ4n) is 0.824. The Balaban J connectivity index is 3.00. The van der Waals surface area contributed by atoms with Gasteiger partial charge in [-0.2, -0.15) is 0 Å². The molecule has 0 heterocycles. The molecule has 0 spiro atoms. The molecule has 0 fully saturated rings. The van der Waals surface area contributed by atoms with Gasteiger partial charge in [0.15, 0.2) is 0 Å². The van der Waals surface area contributed by atoms with Crippen LogP contribution in [0.3, 0.4) is 0 Å². The van der Waals surface area contributed by atoms with E-state index in [9.17, 15) is 4.39 Å². The molecule has 0 aliphatic carbocycles. The van der Waals surface area contributed by atoms with Crippen molar-refractivity contribution in [3.63, 3.8) is 0 Å². The second kappa shape index (κ2) is 3.32. The van der Waals surface area contributed by atoms with E-state index in [0.29, 0.717) is 0 Å². The van der Waals surface area contributed by atoms with Crippen molar-refractivity contribution in [1.82, 2.24) is 5.43 Å². The summed E-state index contributed by atoms with van der Waals surface area (Å²) in [6.07, 6.45) is 0. The van der Waals surface area contributed by atoms with E-state index >= 15 is 0 Å². The molecule has 0 aromatic heterocycles. The van der Waals surface area contributed by atoms with Crippen LogP contribution in [0.1, 0.15) is 5.56 Å². The lowest BCUT2D eigenvalue weighted by atomic mass is 10.2. The monoisotopic (exact) mass is 156 g/mol. The van der Waals surface area contributed by atoms with Gasteiger partial charge in [-0.15, -0.1) is 0 Å². The number of phenolic OH excluding ortho intramolecular Hbond substituents is 1. The molecule has 60 valence electrons. The molecule has 1 aromatic carbocycles. The van der Waals surface area contributed by atoms with Crippen LogP contribution >= 0.6 is 0 Å². The molecule has 0 saturated carbocycles. The van der Waals surface area contributed by atoms with Crippen LogP contribution in [-0.4, -0.2) is 5.11 Å². The van der Waals surface area contributed by atoms with E-state index < -0.39 is 5.82 Å². The number of nitrogens with two attached hydrogens (primary N) is 1. The standard InChI is InChI=1S/C7H9FN2O/c8-6-2-1-3-7(11)5(6)4-10-9/h1-3,10-11H,4,9H2.